The highest BCUT2D eigenvalue weighted by Gasteiger charge is 2.30. The summed E-state index contributed by atoms with van der Waals surface area (Å²) in [5, 5.41) is 10.1. The van der Waals surface area contributed by atoms with Gasteiger partial charge >= 0.3 is 0 Å². The predicted molar refractivity (Wildman–Crippen MR) is 121 cm³/mol. The van der Waals surface area contributed by atoms with Crippen molar-refractivity contribution in [1.29, 1.82) is 0 Å². The Kier molecular flexibility index (Phi) is 6.33. The molecule has 5 nitrogen and oxygen atoms in total. The largest absolute Gasteiger partial charge is 0.497 e. The molecule has 1 fully saturated rings. The van der Waals surface area contributed by atoms with Gasteiger partial charge in [0.15, 0.2) is 0 Å². The lowest BCUT2D eigenvalue weighted by Crippen LogP contribution is -2.29. The molecule has 0 saturated carbocycles. The van der Waals surface area contributed by atoms with Gasteiger partial charge in [-0.3, -0.25) is 9.78 Å². The first-order valence-electron chi connectivity index (χ1n) is 10.8. The molecule has 1 N–H and O–H groups in total. The Morgan fingerprint density at radius 3 is 2.77 bits per heavy atom. The minimum absolute atomic E-state index is 0.0145. The van der Waals surface area contributed by atoms with Crippen molar-refractivity contribution >= 4 is 5.91 Å². The number of carbonyl (C=O) groups is 1. The normalized spacial score (nSPS) is 15.8. The third-order valence-corrected chi connectivity index (χ3v) is 6.12. The van der Waals surface area contributed by atoms with Crippen LogP contribution in [0.5, 0.6) is 5.75 Å². The summed E-state index contributed by atoms with van der Waals surface area (Å²) in [6, 6.07) is 18.1. The van der Waals surface area contributed by atoms with Crippen molar-refractivity contribution in [3.05, 3.63) is 83.2 Å². The number of nitrogens with zero attached hydrogens (tertiary/aromatic N) is 2. The maximum Gasteiger partial charge on any atom is 0.272 e. The van der Waals surface area contributed by atoms with Crippen molar-refractivity contribution in [2.24, 2.45) is 0 Å². The van der Waals surface area contributed by atoms with E-state index in [0.29, 0.717) is 24.5 Å². The second kappa shape index (κ2) is 9.31. The van der Waals surface area contributed by atoms with Gasteiger partial charge in [-0.25, -0.2) is 0 Å². The molecule has 1 saturated heterocycles. The van der Waals surface area contributed by atoms with Crippen LogP contribution in [-0.2, 0) is 13.0 Å². The molecule has 2 heterocycles. The highest BCUT2D eigenvalue weighted by Crippen LogP contribution is 2.34. The molecule has 0 spiro atoms. The van der Waals surface area contributed by atoms with Gasteiger partial charge in [-0.05, 0) is 52.8 Å². The average Bonchev–Trinajstić information content (AvgIpc) is 3.33. The van der Waals surface area contributed by atoms with Gasteiger partial charge in [0.25, 0.3) is 5.91 Å². The number of ether oxygens (including phenoxy) is 1. The number of aliphatic hydroxyl groups excluding tert-OH is 1. The van der Waals surface area contributed by atoms with E-state index in [2.05, 4.69) is 48.3 Å². The first kappa shape index (κ1) is 21.1. The predicted octanol–water partition coefficient (Wildman–Crippen LogP) is 4.44. The van der Waals surface area contributed by atoms with Crippen molar-refractivity contribution in [2.75, 3.05) is 20.2 Å². The second-order valence-corrected chi connectivity index (χ2v) is 7.90. The van der Waals surface area contributed by atoms with E-state index in [-0.39, 0.29) is 18.4 Å². The molecule has 1 atom stereocenters. The standard InChI is InChI=1S/C26H28N2O3/c1-3-18-6-4-5-7-23(18)19-8-9-24(21(14-19)17-29)20-11-13-28(16-20)26(30)25-15-22(31-2)10-12-27-25/h4-10,12,14-15,20,29H,3,11,13,16-17H2,1-2H3. The van der Waals surface area contributed by atoms with Crippen LogP contribution in [0.1, 0.15) is 46.4 Å². The Morgan fingerprint density at radius 2 is 2.00 bits per heavy atom. The highest BCUT2D eigenvalue weighted by atomic mass is 16.5. The van der Waals surface area contributed by atoms with E-state index in [1.54, 1.807) is 25.4 Å². The second-order valence-electron chi connectivity index (χ2n) is 7.90. The van der Waals surface area contributed by atoms with Gasteiger partial charge in [0, 0.05) is 31.3 Å². The lowest BCUT2D eigenvalue weighted by Gasteiger charge is -2.19. The quantitative estimate of drug-likeness (QED) is 0.645. The molecule has 3 aromatic rings. The number of rotatable bonds is 6. The molecule has 1 amide bonds. The van der Waals surface area contributed by atoms with E-state index >= 15 is 0 Å². The van der Waals surface area contributed by atoms with E-state index in [9.17, 15) is 9.90 Å². The van der Waals surface area contributed by atoms with Gasteiger partial charge in [-0.2, -0.15) is 0 Å². The number of aromatic nitrogens is 1. The molecule has 1 aromatic heterocycles. The lowest BCUT2D eigenvalue weighted by atomic mass is 9.89. The van der Waals surface area contributed by atoms with E-state index in [1.807, 2.05) is 11.0 Å². The van der Waals surface area contributed by atoms with Crippen molar-refractivity contribution in [2.45, 2.75) is 32.3 Å². The molecule has 1 aliphatic rings. The van der Waals surface area contributed by atoms with Gasteiger partial charge in [-0.15, -0.1) is 0 Å². The van der Waals surface area contributed by atoms with Gasteiger partial charge in [0.05, 0.1) is 13.7 Å². The molecule has 1 aliphatic heterocycles. The Hall–Kier alpha value is -3.18. The average molecular weight is 417 g/mol. The maximum atomic E-state index is 12.9. The minimum Gasteiger partial charge on any atom is -0.497 e. The Labute approximate surface area is 183 Å². The summed E-state index contributed by atoms with van der Waals surface area (Å²) in [4.78, 5) is 19.0. The number of hydrogen-bond donors (Lipinski definition) is 1. The SMILES string of the molecule is CCc1ccccc1-c1ccc(C2CCN(C(=O)c3cc(OC)ccn3)C2)c(CO)c1. The number of likely N-dealkylation sites (tertiary alicyclic amines) is 1. The lowest BCUT2D eigenvalue weighted by molar-refractivity contribution is 0.0784. The van der Waals surface area contributed by atoms with Crippen molar-refractivity contribution in [3.63, 3.8) is 0 Å². The molecule has 0 aliphatic carbocycles. The number of aliphatic hydroxyl groups is 1. The molecule has 2 aromatic carbocycles. The van der Waals surface area contributed by atoms with Gasteiger partial charge in [0.2, 0.25) is 0 Å². The summed E-state index contributed by atoms with van der Waals surface area (Å²) in [7, 11) is 1.58. The van der Waals surface area contributed by atoms with Crippen LogP contribution in [0.15, 0.2) is 60.8 Å². The molecular weight excluding hydrogens is 388 g/mol. The van der Waals surface area contributed by atoms with Crippen LogP contribution in [0.2, 0.25) is 0 Å². The van der Waals surface area contributed by atoms with E-state index < -0.39 is 0 Å². The summed E-state index contributed by atoms with van der Waals surface area (Å²) in [5.41, 5.74) is 6.07. The fraction of sp³-hybridized carbons (Fsp3) is 0.308. The third-order valence-electron chi connectivity index (χ3n) is 6.12. The zero-order chi connectivity index (χ0) is 21.8. The van der Waals surface area contributed by atoms with Crippen LogP contribution in [-0.4, -0.2) is 41.1 Å². The van der Waals surface area contributed by atoms with Crippen LogP contribution in [0.3, 0.4) is 0 Å². The van der Waals surface area contributed by atoms with Crippen LogP contribution in [0, 0.1) is 0 Å². The monoisotopic (exact) mass is 416 g/mol. The molecular formula is C26H28N2O3. The number of pyridine rings is 1. The van der Waals surface area contributed by atoms with E-state index in [4.69, 9.17) is 4.74 Å². The van der Waals surface area contributed by atoms with Gasteiger partial charge < -0.3 is 14.7 Å². The highest BCUT2D eigenvalue weighted by molar-refractivity contribution is 5.93. The molecule has 160 valence electrons. The zero-order valence-electron chi connectivity index (χ0n) is 18.0. The summed E-state index contributed by atoms with van der Waals surface area (Å²) >= 11 is 0. The molecule has 5 heteroatoms. The van der Waals surface area contributed by atoms with E-state index in [1.165, 1.54) is 11.1 Å². The molecule has 31 heavy (non-hydrogen) atoms. The van der Waals surface area contributed by atoms with Crippen LogP contribution in [0.4, 0.5) is 0 Å². The van der Waals surface area contributed by atoms with Gasteiger partial charge in [-0.1, -0.05) is 43.3 Å². The summed E-state index contributed by atoms with van der Waals surface area (Å²) in [6.45, 7) is 3.43. The fourth-order valence-corrected chi connectivity index (χ4v) is 4.43. The van der Waals surface area contributed by atoms with Crippen molar-refractivity contribution < 1.29 is 14.6 Å². The number of benzene rings is 2. The Bertz CT molecular complexity index is 1080. The number of carbonyl (C=O) groups excluding carboxylic acids is 1. The third kappa shape index (κ3) is 4.32. The molecule has 0 bridgehead atoms. The number of hydrogen-bond acceptors (Lipinski definition) is 4. The number of aryl methyl sites for hydroxylation is 1. The van der Waals surface area contributed by atoms with E-state index in [0.717, 1.165) is 29.5 Å². The number of methoxy groups -OCH3 is 1. The topological polar surface area (TPSA) is 62.7 Å². The van der Waals surface area contributed by atoms with Crippen molar-refractivity contribution in [1.82, 2.24) is 9.88 Å². The number of amides is 1. The molecule has 0 radical (unpaired) electrons. The smallest absolute Gasteiger partial charge is 0.272 e. The van der Waals surface area contributed by atoms with Crippen LogP contribution >= 0.6 is 0 Å². The first-order valence-corrected chi connectivity index (χ1v) is 10.8. The van der Waals surface area contributed by atoms with Gasteiger partial charge in [0.1, 0.15) is 11.4 Å². The Morgan fingerprint density at radius 1 is 1.16 bits per heavy atom. The van der Waals surface area contributed by atoms with Crippen molar-refractivity contribution in [3.8, 4) is 16.9 Å². The minimum atomic E-state index is -0.0829. The van der Waals surface area contributed by atoms with Crippen LogP contribution in [0.25, 0.3) is 11.1 Å². The molecule has 4 rings (SSSR count). The summed E-state index contributed by atoms with van der Waals surface area (Å²) in [5.74, 6) is 0.743. The summed E-state index contributed by atoms with van der Waals surface area (Å²) in [6.07, 6.45) is 3.42. The molecule has 1 unspecified atom stereocenters. The first-order chi connectivity index (χ1) is 15.1. The fourth-order valence-electron chi connectivity index (χ4n) is 4.43. The zero-order valence-corrected chi connectivity index (χ0v) is 18.0. The Balaban J connectivity index is 1.55. The van der Waals surface area contributed by atoms with Crippen LogP contribution < -0.4 is 4.74 Å². The summed E-state index contributed by atoms with van der Waals surface area (Å²) < 4.78 is 5.21. The maximum absolute atomic E-state index is 12.9.